The fourth-order valence-corrected chi connectivity index (χ4v) is 1.99. The molecule has 0 bridgehead atoms. The fourth-order valence-electron chi connectivity index (χ4n) is 1.49. The summed E-state index contributed by atoms with van der Waals surface area (Å²) in [5.74, 6) is 1.09. The average Bonchev–Trinajstić information content (AvgIpc) is 2.30. The van der Waals surface area contributed by atoms with Gasteiger partial charge in [0.2, 0.25) is 5.95 Å². The Morgan fingerprint density at radius 3 is 2.47 bits per heavy atom. The van der Waals surface area contributed by atoms with Crippen molar-refractivity contribution in [1.82, 2.24) is 9.97 Å². The van der Waals surface area contributed by atoms with Gasteiger partial charge in [0.1, 0.15) is 5.82 Å². The molecule has 2 aromatic rings. The van der Waals surface area contributed by atoms with Gasteiger partial charge in [-0.1, -0.05) is 34.1 Å². The third-order valence-corrected chi connectivity index (χ3v) is 3.06. The van der Waals surface area contributed by atoms with E-state index < -0.39 is 0 Å². The smallest absolute Gasteiger partial charge is 0.226 e. The SMILES string of the molecule is CN(C)c1ncc(-c2ccccc2Br)c(N)n1. The van der Waals surface area contributed by atoms with Crippen LogP contribution in [0.3, 0.4) is 0 Å². The quantitative estimate of drug-likeness (QED) is 0.924. The minimum atomic E-state index is 0.482. The van der Waals surface area contributed by atoms with Crippen molar-refractivity contribution in [2.75, 3.05) is 24.7 Å². The van der Waals surface area contributed by atoms with Gasteiger partial charge in [0, 0.05) is 35.9 Å². The second-order valence-electron chi connectivity index (χ2n) is 3.84. The Morgan fingerprint density at radius 1 is 1.18 bits per heavy atom. The van der Waals surface area contributed by atoms with Crippen molar-refractivity contribution >= 4 is 27.7 Å². The molecule has 17 heavy (non-hydrogen) atoms. The van der Waals surface area contributed by atoms with Gasteiger partial charge in [0.15, 0.2) is 0 Å². The molecule has 0 saturated heterocycles. The predicted molar refractivity (Wildman–Crippen MR) is 73.9 cm³/mol. The topological polar surface area (TPSA) is 55.0 Å². The normalized spacial score (nSPS) is 10.3. The summed E-state index contributed by atoms with van der Waals surface area (Å²) in [7, 11) is 3.76. The molecule has 5 heteroatoms. The van der Waals surface area contributed by atoms with Crippen molar-refractivity contribution in [3.8, 4) is 11.1 Å². The van der Waals surface area contributed by atoms with Crippen molar-refractivity contribution in [2.24, 2.45) is 0 Å². The molecule has 0 atom stereocenters. The first-order chi connectivity index (χ1) is 8.09. The molecule has 2 rings (SSSR count). The molecule has 0 aliphatic heterocycles. The predicted octanol–water partition coefficient (Wildman–Crippen LogP) is 2.55. The van der Waals surface area contributed by atoms with E-state index in [1.807, 2.05) is 43.3 Å². The molecule has 0 amide bonds. The number of aromatic nitrogens is 2. The van der Waals surface area contributed by atoms with Crippen LogP contribution in [0.5, 0.6) is 0 Å². The number of nitrogens with two attached hydrogens (primary N) is 1. The van der Waals surface area contributed by atoms with Gasteiger partial charge in [0.05, 0.1) is 0 Å². The summed E-state index contributed by atoms with van der Waals surface area (Å²) >= 11 is 3.49. The molecular weight excluding hydrogens is 280 g/mol. The van der Waals surface area contributed by atoms with Crippen LogP contribution in [0, 0.1) is 0 Å². The van der Waals surface area contributed by atoms with E-state index in [0.717, 1.165) is 15.6 Å². The Kier molecular flexibility index (Phi) is 3.28. The van der Waals surface area contributed by atoms with E-state index >= 15 is 0 Å². The largest absolute Gasteiger partial charge is 0.383 e. The summed E-state index contributed by atoms with van der Waals surface area (Å²) in [4.78, 5) is 10.4. The van der Waals surface area contributed by atoms with Gasteiger partial charge in [-0.2, -0.15) is 4.98 Å². The monoisotopic (exact) mass is 292 g/mol. The summed E-state index contributed by atoms with van der Waals surface area (Å²) in [6.45, 7) is 0. The van der Waals surface area contributed by atoms with Crippen molar-refractivity contribution < 1.29 is 0 Å². The Hall–Kier alpha value is -1.62. The van der Waals surface area contributed by atoms with Crippen LogP contribution in [-0.2, 0) is 0 Å². The number of halogens is 1. The Bertz CT molecular complexity index is 540. The molecule has 0 spiro atoms. The average molecular weight is 293 g/mol. The van der Waals surface area contributed by atoms with Gasteiger partial charge in [-0.25, -0.2) is 4.98 Å². The standard InChI is InChI=1S/C12H13BrN4/c1-17(2)12-15-7-9(11(14)16-12)8-5-3-4-6-10(8)13/h3-7H,1-2H3,(H2,14,15,16). The third kappa shape index (κ3) is 2.39. The minimum Gasteiger partial charge on any atom is -0.383 e. The summed E-state index contributed by atoms with van der Waals surface area (Å²) in [6.07, 6.45) is 1.75. The number of benzene rings is 1. The van der Waals surface area contributed by atoms with Gasteiger partial charge >= 0.3 is 0 Å². The van der Waals surface area contributed by atoms with E-state index in [2.05, 4.69) is 25.9 Å². The molecule has 0 unspecified atom stereocenters. The molecule has 1 aromatic heterocycles. The molecule has 2 N–H and O–H groups in total. The van der Waals surface area contributed by atoms with Crippen LogP contribution in [0.2, 0.25) is 0 Å². The second-order valence-corrected chi connectivity index (χ2v) is 4.70. The molecule has 0 radical (unpaired) electrons. The Balaban J connectivity index is 2.51. The lowest BCUT2D eigenvalue weighted by molar-refractivity contribution is 1.00. The highest BCUT2D eigenvalue weighted by molar-refractivity contribution is 9.10. The number of anilines is 2. The van der Waals surface area contributed by atoms with Crippen LogP contribution in [-0.4, -0.2) is 24.1 Å². The fraction of sp³-hybridized carbons (Fsp3) is 0.167. The zero-order chi connectivity index (χ0) is 12.4. The number of nitrogen functional groups attached to an aromatic ring is 1. The summed E-state index contributed by atoms with van der Waals surface area (Å²) < 4.78 is 0.980. The lowest BCUT2D eigenvalue weighted by Crippen LogP contribution is -2.13. The van der Waals surface area contributed by atoms with E-state index in [1.54, 1.807) is 6.20 Å². The maximum Gasteiger partial charge on any atom is 0.226 e. The highest BCUT2D eigenvalue weighted by Crippen LogP contribution is 2.31. The highest BCUT2D eigenvalue weighted by atomic mass is 79.9. The third-order valence-electron chi connectivity index (χ3n) is 2.37. The van der Waals surface area contributed by atoms with Crippen LogP contribution in [0.25, 0.3) is 11.1 Å². The lowest BCUT2D eigenvalue weighted by Gasteiger charge is -2.12. The number of nitrogens with zero attached hydrogens (tertiary/aromatic N) is 3. The lowest BCUT2D eigenvalue weighted by atomic mass is 10.1. The van der Waals surface area contributed by atoms with Crippen LogP contribution in [0.4, 0.5) is 11.8 Å². The molecule has 1 aromatic carbocycles. The molecule has 0 aliphatic carbocycles. The zero-order valence-corrected chi connectivity index (χ0v) is 11.3. The summed E-state index contributed by atoms with van der Waals surface area (Å²) in [5.41, 5.74) is 7.79. The first kappa shape index (κ1) is 11.9. The van der Waals surface area contributed by atoms with Gasteiger partial charge in [-0.15, -0.1) is 0 Å². The van der Waals surface area contributed by atoms with Gasteiger partial charge in [-0.3, -0.25) is 0 Å². The Labute approximate surface area is 109 Å². The van der Waals surface area contributed by atoms with Crippen molar-refractivity contribution in [1.29, 1.82) is 0 Å². The molecule has 4 nitrogen and oxygen atoms in total. The van der Waals surface area contributed by atoms with E-state index in [9.17, 15) is 0 Å². The molecule has 0 saturated carbocycles. The van der Waals surface area contributed by atoms with Crippen LogP contribution in [0.15, 0.2) is 34.9 Å². The van der Waals surface area contributed by atoms with Crippen molar-refractivity contribution in [3.63, 3.8) is 0 Å². The van der Waals surface area contributed by atoms with Crippen LogP contribution >= 0.6 is 15.9 Å². The minimum absolute atomic E-state index is 0.482. The second kappa shape index (κ2) is 4.71. The van der Waals surface area contributed by atoms with Crippen molar-refractivity contribution in [2.45, 2.75) is 0 Å². The van der Waals surface area contributed by atoms with E-state index in [0.29, 0.717) is 11.8 Å². The Morgan fingerprint density at radius 2 is 1.88 bits per heavy atom. The van der Waals surface area contributed by atoms with E-state index in [1.165, 1.54) is 0 Å². The first-order valence-electron chi connectivity index (χ1n) is 5.14. The first-order valence-corrected chi connectivity index (χ1v) is 5.93. The van der Waals surface area contributed by atoms with Crippen molar-refractivity contribution in [3.05, 3.63) is 34.9 Å². The molecular formula is C12H13BrN4. The number of hydrogen-bond donors (Lipinski definition) is 1. The zero-order valence-electron chi connectivity index (χ0n) is 9.68. The van der Waals surface area contributed by atoms with Gasteiger partial charge in [0.25, 0.3) is 0 Å². The molecule has 1 heterocycles. The maximum atomic E-state index is 5.96. The number of hydrogen-bond acceptors (Lipinski definition) is 4. The number of rotatable bonds is 2. The maximum absolute atomic E-state index is 5.96. The van der Waals surface area contributed by atoms with Gasteiger partial charge < -0.3 is 10.6 Å². The highest BCUT2D eigenvalue weighted by Gasteiger charge is 2.09. The van der Waals surface area contributed by atoms with Crippen LogP contribution in [0.1, 0.15) is 0 Å². The van der Waals surface area contributed by atoms with E-state index in [4.69, 9.17) is 5.73 Å². The summed E-state index contributed by atoms with van der Waals surface area (Å²) in [5, 5.41) is 0. The molecule has 0 fully saturated rings. The van der Waals surface area contributed by atoms with E-state index in [-0.39, 0.29) is 0 Å². The van der Waals surface area contributed by atoms with Gasteiger partial charge in [-0.05, 0) is 6.07 Å². The van der Waals surface area contributed by atoms with Crippen LogP contribution < -0.4 is 10.6 Å². The molecule has 88 valence electrons. The molecule has 0 aliphatic rings. The summed E-state index contributed by atoms with van der Waals surface area (Å²) in [6, 6.07) is 7.86.